The van der Waals surface area contributed by atoms with Crippen molar-refractivity contribution in [1.29, 1.82) is 0 Å². The lowest BCUT2D eigenvalue weighted by atomic mass is 9.97. The van der Waals surface area contributed by atoms with E-state index >= 15 is 0 Å². The van der Waals surface area contributed by atoms with Gasteiger partial charge >= 0.3 is 11.9 Å². The Labute approximate surface area is 188 Å². The van der Waals surface area contributed by atoms with Crippen molar-refractivity contribution < 1.29 is 19.1 Å². The standard InChI is InChI=1S/C21H24N6O4S/c1-3-30-20(29)16-12(2)15-17(22)25-14(26-18(15)32-16)11-31-19(28)13-5-9-27(10-6-13)21-23-7-4-8-24-21/h4,7-8,13H,3,5-6,9-11H2,1-2H3,(H2,22,25,26). The first-order chi connectivity index (χ1) is 15.5. The topological polar surface area (TPSA) is 133 Å². The zero-order valence-corrected chi connectivity index (χ0v) is 18.7. The van der Waals surface area contributed by atoms with E-state index in [0.29, 0.717) is 58.4 Å². The number of thiophene rings is 1. The predicted molar refractivity (Wildman–Crippen MR) is 119 cm³/mol. The number of nitrogens with two attached hydrogens (primary N) is 1. The molecule has 0 aliphatic carbocycles. The summed E-state index contributed by atoms with van der Waals surface area (Å²) in [5.41, 5.74) is 6.80. The fraction of sp³-hybridized carbons (Fsp3) is 0.429. The van der Waals surface area contributed by atoms with Gasteiger partial charge in [-0.3, -0.25) is 4.79 Å². The molecule has 0 spiro atoms. The molecule has 4 rings (SSSR count). The number of carbonyl (C=O) groups excluding carboxylic acids is 2. The van der Waals surface area contributed by atoms with Gasteiger partial charge in [0, 0.05) is 25.5 Å². The highest BCUT2D eigenvalue weighted by molar-refractivity contribution is 7.20. The molecule has 168 valence electrons. The molecule has 0 saturated carbocycles. The molecule has 3 aromatic rings. The maximum Gasteiger partial charge on any atom is 0.348 e. The van der Waals surface area contributed by atoms with Crippen LogP contribution in [0.3, 0.4) is 0 Å². The van der Waals surface area contributed by atoms with Crippen molar-refractivity contribution in [2.24, 2.45) is 5.92 Å². The van der Waals surface area contributed by atoms with E-state index in [1.165, 1.54) is 11.3 Å². The number of nitrogen functional groups attached to an aromatic ring is 1. The van der Waals surface area contributed by atoms with Crippen molar-refractivity contribution in [3.8, 4) is 0 Å². The third-order valence-corrected chi connectivity index (χ3v) is 6.50. The van der Waals surface area contributed by atoms with Crippen molar-refractivity contribution in [2.75, 3.05) is 30.3 Å². The Morgan fingerprint density at radius 2 is 1.91 bits per heavy atom. The summed E-state index contributed by atoms with van der Waals surface area (Å²) in [5, 5.41) is 0.628. The van der Waals surface area contributed by atoms with Gasteiger partial charge in [-0.2, -0.15) is 0 Å². The van der Waals surface area contributed by atoms with Crippen LogP contribution in [0.2, 0.25) is 0 Å². The number of nitrogens with zero attached hydrogens (tertiary/aromatic N) is 5. The average molecular weight is 457 g/mol. The minimum Gasteiger partial charge on any atom is -0.462 e. The third kappa shape index (κ3) is 4.47. The van der Waals surface area contributed by atoms with E-state index in [-0.39, 0.29) is 30.9 Å². The van der Waals surface area contributed by atoms with Crippen LogP contribution in [0.15, 0.2) is 18.5 Å². The van der Waals surface area contributed by atoms with Crippen molar-refractivity contribution >= 4 is 45.3 Å². The Balaban J connectivity index is 1.39. The Hall–Kier alpha value is -3.34. The van der Waals surface area contributed by atoms with Crippen LogP contribution in [0.1, 0.15) is 40.8 Å². The number of piperidine rings is 1. The Morgan fingerprint density at radius 1 is 1.19 bits per heavy atom. The molecule has 4 heterocycles. The number of rotatable bonds is 6. The van der Waals surface area contributed by atoms with Crippen LogP contribution in [-0.2, 0) is 20.9 Å². The molecule has 32 heavy (non-hydrogen) atoms. The molecule has 0 aromatic carbocycles. The van der Waals surface area contributed by atoms with Gasteiger partial charge in [0.2, 0.25) is 5.95 Å². The van der Waals surface area contributed by atoms with Gasteiger partial charge in [0.05, 0.1) is 17.9 Å². The minimum absolute atomic E-state index is 0.0767. The van der Waals surface area contributed by atoms with Crippen LogP contribution < -0.4 is 10.6 Å². The quantitative estimate of drug-likeness (QED) is 0.551. The molecule has 1 aliphatic rings. The molecule has 1 fully saturated rings. The maximum atomic E-state index is 12.6. The van der Waals surface area contributed by atoms with Gasteiger partial charge in [-0.05, 0) is 38.3 Å². The summed E-state index contributed by atoms with van der Waals surface area (Å²) < 4.78 is 10.6. The van der Waals surface area contributed by atoms with E-state index in [1.54, 1.807) is 32.3 Å². The van der Waals surface area contributed by atoms with Gasteiger partial charge in [0.25, 0.3) is 0 Å². The molecule has 2 N–H and O–H groups in total. The highest BCUT2D eigenvalue weighted by Crippen LogP contribution is 2.33. The van der Waals surface area contributed by atoms with Gasteiger partial charge in [0.1, 0.15) is 15.5 Å². The lowest BCUT2D eigenvalue weighted by molar-refractivity contribution is -0.150. The third-order valence-electron chi connectivity index (χ3n) is 5.33. The molecule has 10 nitrogen and oxygen atoms in total. The van der Waals surface area contributed by atoms with E-state index in [4.69, 9.17) is 15.2 Å². The fourth-order valence-corrected chi connectivity index (χ4v) is 4.80. The summed E-state index contributed by atoms with van der Waals surface area (Å²) in [6.07, 6.45) is 4.73. The molecule has 0 amide bonds. The molecular weight excluding hydrogens is 432 g/mol. The first-order valence-electron chi connectivity index (χ1n) is 10.4. The van der Waals surface area contributed by atoms with Gasteiger partial charge in [-0.15, -0.1) is 11.3 Å². The monoisotopic (exact) mass is 456 g/mol. The molecule has 1 saturated heterocycles. The number of hydrogen-bond acceptors (Lipinski definition) is 11. The number of aryl methyl sites for hydroxylation is 1. The van der Waals surface area contributed by atoms with Crippen molar-refractivity contribution in [3.05, 3.63) is 34.7 Å². The zero-order chi connectivity index (χ0) is 22.7. The Kier molecular flexibility index (Phi) is 6.45. The van der Waals surface area contributed by atoms with Gasteiger partial charge in [-0.1, -0.05) is 0 Å². The first kappa shape index (κ1) is 21.9. The van der Waals surface area contributed by atoms with Gasteiger partial charge in [0.15, 0.2) is 12.4 Å². The van der Waals surface area contributed by atoms with Crippen molar-refractivity contribution in [1.82, 2.24) is 19.9 Å². The zero-order valence-electron chi connectivity index (χ0n) is 17.9. The summed E-state index contributed by atoms with van der Waals surface area (Å²) in [4.78, 5) is 45.0. The van der Waals surface area contributed by atoms with E-state index in [0.717, 1.165) is 0 Å². The van der Waals surface area contributed by atoms with E-state index in [2.05, 4.69) is 24.8 Å². The van der Waals surface area contributed by atoms with Crippen LogP contribution in [0.4, 0.5) is 11.8 Å². The second-order valence-corrected chi connectivity index (χ2v) is 8.40. The van der Waals surface area contributed by atoms with Crippen LogP contribution in [0.5, 0.6) is 0 Å². The molecule has 11 heteroatoms. The number of fused-ring (bicyclic) bond motifs is 1. The van der Waals surface area contributed by atoms with Crippen LogP contribution in [0.25, 0.3) is 10.2 Å². The Morgan fingerprint density at radius 3 is 2.59 bits per heavy atom. The van der Waals surface area contributed by atoms with E-state index < -0.39 is 5.97 Å². The summed E-state index contributed by atoms with van der Waals surface area (Å²) >= 11 is 1.20. The van der Waals surface area contributed by atoms with Crippen LogP contribution in [0, 0.1) is 12.8 Å². The smallest absolute Gasteiger partial charge is 0.348 e. The lowest BCUT2D eigenvalue weighted by Crippen LogP contribution is -2.37. The molecule has 0 radical (unpaired) electrons. The maximum absolute atomic E-state index is 12.6. The predicted octanol–water partition coefficient (Wildman–Crippen LogP) is 2.51. The normalized spacial score (nSPS) is 14.5. The van der Waals surface area contributed by atoms with E-state index in [1.807, 2.05) is 0 Å². The highest BCUT2D eigenvalue weighted by atomic mass is 32.1. The molecule has 0 bridgehead atoms. The van der Waals surface area contributed by atoms with Gasteiger partial charge in [-0.25, -0.2) is 24.7 Å². The summed E-state index contributed by atoms with van der Waals surface area (Å²) in [7, 11) is 0. The van der Waals surface area contributed by atoms with Crippen LogP contribution >= 0.6 is 11.3 Å². The summed E-state index contributed by atoms with van der Waals surface area (Å²) in [6, 6.07) is 1.77. The number of esters is 2. The lowest BCUT2D eigenvalue weighted by Gasteiger charge is -2.30. The van der Waals surface area contributed by atoms with Gasteiger partial charge < -0.3 is 20.1 Å². The number of anilines is 2. The molecular formula is C21H24N6O4S. The minimum atomic E-state index is -0.410. The number of carbonyl (C=O) groups is 2. The largest absolute Gasteiger partial charge is 0.462 e. The summed E-state index contributed by atoms with van der Waals surface area (Å²) in [6.45, 7) is 5.12. The molecule has 0 unspecified atom stereocenters. The first-order valence-corrected chi connectivity index (χ1v) is 11.2. The average Bonchev–Trinajstić information content (AvgIpc) is 3.15. The van der Waals surface area contributed by atoms with Crippen molar-refractivity contribution in [2.45, 2.75) is 33.3 Å². The second kappa shape index (κ2) is 9.43. The molecule has 0 atom stereocenters. The number of hydrogen-bond donors (Lipinski definition) is 1. The summed E-state index contributed by atoms with van der Waals surface area (Å²) in [5.74, 6) is 0.333. The molecule has 3 aromatic heterocycles. The van der Waals surface area contributed by atoms with Crippen LogP contribution in [-0.4, -0.2) is 51.6 Å². The number of aromatic nitrogens is 4. The Bertz CT molecular complexity index is 1130. The number of ether oxygens (including phenoxy) is 2. The molecule has 1 aliphatic heterocycles. The van der Waals surface area contributed by atoms with Crippen molar-refractivity contribution in [3.63, 3.8) is 0 Å². The SMILES string of the molecule is CCOC(=O)c1sc2nc(COC(=O)C3CCN(c4ncccn4)CC3)nc(N)c2c1C. The second-order valence-electron chi connectivity index (χ2n) is 7.40. The fourth-order valence-electron chi connectivity index (χ4n) is 3.69. The van der Waals surface area contributed by atoms with E-state index in [9.17, 15) is 9.59 Å². The highest BCUT2D eigenvalue weighted by Gasteiger charge is 2.28.